The van der Waals surface area contributed by atoms with Crippen molar-refractivity contribution in [2.45, 2.75) is 50.7 Å². The van der Waals surface area contributed by atoms with E-state index in [1.54, 1.807) is 19.1 Å². The van der Waals surface area contributed by atoms with Crippen molar-refractivity contribution < 1.29 is 19.2 Å². The van der Waals surface area contributed by atoms with Gasteiger partial charge in [-0.2, -0.15) is 0 Å². The lowest BCUT2D eigenvalue weighted by Crippen LogP contribution is -2.41. The first-order chi connectivity index (χ1) is 9.05. The van der Waals surface area contributed by atoms with E-state index in [1.807, 2.05) is 27.7 Å². The number of thiol groups is 1. The SMILES string of the molecule is Cc1c(S)cc(B2OC(C)(C)C(C)(C)O2)cc1C(=O)O. The molecule has 1 aromatic carbocycles. The normalized spacial score (nSPS) is 20.2. The number of carbonyl (C=O) groups is 1. The lowest BCUT2D eigenvalue weighted by molar-refractivity contribution is 0.00578. The summed E-state index contributed by atoms with van der Waals surface area (Å²) in [5.41, 5.74) is 0.630. The molecular formula is C14H19BO4S. The lowest BCUT2D eigenvalue weighted by atomic mass is 9.77. The second-order valence-corrected chi connectivity index (χ2v) is 6.59. The number of benzene rings is 1. The van der Waals surface area contributed by atoms with E-state index >= 15 is 0 Å². The monoisotopic (exact) mass is 294 g/mol. The Morgan fingerprint density at radius 1 is 1.20 bits per heavy atom. The zero-order valence-electron chi connectivity index (χ0n) is 12.4. The highest BCUT2D eigenvalue weighted by Crippen LogP contribution is 2.36. The first-order valence-corrected chi connectivity index (χ1v) is 6.92. The molecule has 0 amide bonds. The summed E-state index contributed by atoms with van der Waals surface area (Å²) in [6.07, 6.45) is 0. The average molecular weight is 294 g/mol. The highest BCUT2D eigenvalue weighted by Gasteiger charge is 2.51. The zero-order chi connectivity index (χ0) is 15.3. The zero-order valence-corrected chi connectivity index (χ0v) is 13.2. The molecule has 1 aliphatic rings. The molecule has 20 heavy (non-hydrogen) atoms. The van der Waals surface area contributed by atoms with Crippen molar-refractivity contribution in [3.05, 3.63) is 23.3 Å². The van der Waals surface area contributed by atoms with Gasteiger partial charge in [0.1, 0.15) is 0 Å². The van der Waals surface area contributed by atoms with Gasteiger partial charge >= 0.3 is 13.1 Å². The van der Waals surface area contributed by atoms with Gasteiger partial charge in [0, 0.05) is 4.90 Å². The van der Waals surface area contributed by atoms with Gasteiger partial charge in [-0.15, -0.1) is 12.6 Å². The van der Waals surface area contributed by atoms with Crippen LogP contribution in [0.25, 0.3) is 0 Å². The molecule has 1 aliphatic heterocycles. The maximum absolute atomic E-state index is 11.3. The first-order valence-electron chi connectivity index (χ1n) is 6.47. The summed E-state index contributed by atoms with van der Waals surface area (Å²) in [7, 11) is -0.579. The van der Waals surface area contributed by atoms with Gasteiger partial charge in [-0.05, 0) is 57.8 Å². The Balaban J connectivity index is 2.43. The minimum Gasteiger partial charge on any atom is -0.478 e. The third-order valence-electron chi connectivity index (χ3n) is 4.16. The van der Waals surface area contributed by atoms with Crippen molar-refractivity contribution in [1.82, 2.24) is 0 Å². The highest BCUT2D eigenvalue weighted by molar-refractivity contribution is 7.80. The number of hydrogen-bond donors (Lipinski definition) is 2. The summed E-state index contributed by atoms with van der Waals surface area (Å²) >= 11 is 4.34. The van der Waals surface area contributed by atoms with Crippen LogP contribution in [0.15, 0.2) is 17.0 Å². The largest absolute Gasteiger partial charge is 0.494 e. The second-order valence-electron chi connectivity index (χ2n) is 6.11. The van der Waals surface area contributed by atoms with Crippen LogP contribution in [0.3, 0.4) is 0 Å². The van der Waals surface area contributed by atoms with Gasteiger partial charge < -0.3 is 14.4 Å². The van der Waals surface area contributed by atoms with Crippen molar-refractivity contribution >= 4 is 31.2 Å². The van der Waals surface area contributed by atoms with Crippen LogP contribution < -0.4 is 5.46 Å². The number of carboxylic acids is 1. The predicted molar refractivity (Wildman–Crippen MR) is 81.1 cm³/mol. The van der Waals surface area contributed by atoms with Crippen molar-refractivity contribution in [2.24, 2.45) is 0 Å². The van der Waals surface area contributed by atoms with E-state index in [9.17, 15) is 9.90 Å². The van der Waals surface area contributed by atoms with E-state index in [0.717, 1.165) is 0 Å². The van der Waals surface area contributed by atoms with Crippen LogP contribution in [0, 0.1) is 6.92 Å². The minimum absolute atomic E-state index is 0.224. The molecule has 0 spiro atoms. The fourth-order valence-corrected chi connectivity index (χ4v) is 2.33. The number of hydrogen-bond acceptors (Lipinski definition) is 4. The number of rotatable bonds is 2. The van der Waals surface area contributed by atoms with E-state index in [1.165, 1.54) is 0 Å². The van der Waals surface area contributed by atoms with Crippen molar-refractivity contribution in [3.8, 4) is 0 Å². The van der Waals surface area contributed by atoms with Crippen LogP contribution in [0.5, 0.6) is 0 Å². The Morgan fingerprint density at radius 3 is 2.15 bits per heavy atom. The molecule has 4 nitrogen and oxygen atoms in total. The standard InChI is InChI=1S/C14H19BO4S/c1-8-10(12(16)17)6-9(7-11(8)20)15-18-13(2,3)14(4,5)19-15/h6-7,20H,1-5H3,(H,16,17). The molecule has 1 fully saturated rings. The summed E-state index contributed by atoms with van der Waals surface area (Å²) in [5, 5.41) is 9.25. The van der Waals surface area contributed by atoms with Gasteiger partial charge in [0.05, 0.1) is 16.8 Å². The van der Waals surface area contributed by atoms with E-state index in [0.29, 0.717) is 15.9 Å². The smallest absolute Gasteiger partial charge is 0.478 e. The maximum Gasteiger partial charge on any atom is 0.494 e. The molecule has 108 valence electrons. The van der Waals surface area contributed by atoms with Gasteiger partial charge in [-0.1, -0.05) is 0 Å². The molecule has 1 saturated heterocycles. The third kappa shape index (κ3) is 2.48. The van der Waals surface area contributed by atoms with Crippen LogP contribution in [-0.2, 0) is 9.31 Å². The fraction of sp³-hybridized carbons (Fsp3) is 0.500. The van der Waals surface area contributed by atoms with Crippen LogP contribution in [0.2, 0.25) is 0 Å². The van der Waals surface area contributed by atoms with E-state index < -0.39 is 24.3 Å². The Bertz CT molecular complexity index is 553. The first kappa shape index (κ1) is 15.4. The molecule has 0 bridgehead atoms. The topological polar surface area (TPSA) is 55.8 Å². The lowest BCUT2D eigenvalue weighted by Gasteiger charge is -2.32. The number of aromatic carboxylic acids is 1. The van der Waals surface area contributed by atoms with Crippen molar-refractivity contribution in [2.75, 3.05) is 0 Å². The summed E-state index contributed by atoms with van der Waals surface area (Å²) in [4.78, 5) is 11.9. The Hall–Kier alpha value is -0.975. The Labute approximate surface area is 125 Å². The molecule has 1 heterocycles. The highest BCUT2D eigenvalue weighted by atomic mass is 32.1. The minimum atomic E-state index is -0.976. The van der Waals surface area contributed by atoms with Crippen LogP contribution in [-0.4, -0.2) is 29.4 Å². The second kappa shape index (κ2) is 4.79. The van der Waals surface area contributed by atoms with E-state index in [-0.39, 0.29) is 5.56 Å². The third-order valence-corrected chi connectivity index (χ3v) is 4.62. The molecule has 0 atom stereocenters. The van der Waals surface area contributed by atoms with E-state index in [2.05, 4.69) is 12.6 Å². The Morgan fingerprint density at radius 2 is 1.70 bits per heavy atom. The Kier molecular flexibility index (Phi) is 3.69. The van der Waals surface area contributed by atoms with Gasteiger partial charge in [-0.3, -0.25) is 0 Å². The van der Waals surface area contributed by atoms with Gasteiger partial charge in [0.25, 0.3) is 0 Å². The average Bonchev–Trinajstić information content (AvgIpc) is 2.51. The summed E-state index contributed by atoms with van der Waals surface area (Å²) < 4.78 is 11.9. The quantitative estimate of drug-likeness (QED) is 0.649. The van der Waals surface area contributed by atoms with Crippen LogP contribution in [0.4, 0.5) is 0 Å². The maximum atomic E-state index is 11.3. The van der Waals surface area contributed by atoms with Crippen molar-refractivity contribution in [1.29, 1.82) is 0 Å². The van der Waals surface area contributed by atoms with Gasteiger partial charge in [0.15, 0.2) is 0 Å². The fourth-order valence-electron chi connectivity index (χ4n) is 2.06. The molecule has 0 aliphatic carbocycles. The summed E-state index contributed by atoms with van der Waals surface area (Å²) in [6.45, 7) is 9.57. The van der Waals surface area contributed by atoms with Crippen LogP contribution in [0.1, 0.15) is 43.6 Å². The molecule has 0 aromatic heterocycles. The van der Waals surface area contributed by atoms with E-state index in [4.69, 9.17) is 9.31 Å². The molecule has 2 rings (SSSR count). The van der Waals surface area contributed by atoms with Crippen molar-refractivity contribution in [3.63, 3.8) is 0 Å². The van der Waals surface area contributed by atoms with Gasteiger partial charge in [0.2, 0.25) is 0 Å². The summed E-state index contributed by atoms with van der Waals surface area (Å²) in [5.74, 6) is -0.976. The van der Waals surface area contributed by atoms with Gasteiger partial charge in [-0.25, -0.2) is 4.79 Å². The molecule has 1 aromatic rings. The summed E-state index contributed by atoms with van der Waals surface area (Å²) in [6, 6.07) is 3.40. The van der Waals surface area contributed by atoms with Crippen LogP contribution >= 0.6 is 12.6 Å². The molecule has 6 heteroatoms. The molecule has 0 radical (unpaired) electrons. The molecular weight excluding hydrogens is 275 g/mol. The predicted octanol–water partition coefficient (Wildman–Crippen LogP) is 2.28. The number of carboxylic acid groups (broad SMARTS) is 1. The molecule has 1 N–H and O–H groups in total. The molecule has 0 unspecified atom stereocenters. The molecule has 0 saturated carbocycles.